The van der Waals surface area contributed by atoms with Gasteiger partial charge in [-0.25, -0.2) is 8.42 Å². The number of hydrogen-bond acceptors (Lipinski definition) is 4. The Hall–Kier alpha value is -0.820. The molecule has 0 bridgehead atoms. The van der Waals surface area contributed by atoms with Crippen LogP contribution in [0.5, 0.6) is 0 Å². The highest BCUT2D eigenvalue weighted by atomic mass is 35.5. The van der Waals surface area contributed by atoms with Gasteiger partial charge in [-0.1, -0.05) is 17.7 Å². The lowest BCUT2D eigenvalue weighted by Gasteiger charge is -2.27. The lowest BCUT2D eigenvalue weighted by Crippen LogP contribution is -2.37. The third kappa shape index (κ3) is 3.25. The quantitative estimate of drug-likeness (QED) is 0.863. The van der Waals surface area contributed by atoms with Crippen LogP contribution in [0, 0.1) is 0 Å². The van der Waals surface area contributed by atoms with E-state index in [1.807, 2.05) is 0 Å². The van der Waals surface area contributed by atoms with E-state index in [0.29, 0.717) is 13.2 Å². The predicted molar refractivity (Wildman–Crippen MR) is 79.3 cm³/mol. The van der Waals surface area contributed by atoms with E-state index in [2.05, 4.69) is 0 Å². The van der Waals surface area contributed by atoms with Crippen LogP contribution in [0.2, 0.25) is 5.02 Å². The van der Waals surface area contributed by atoms with E-state index in [9.17, 15) is 8.42 Å². The maximum Gasteiger partial charge on any atom is 0.246 e. The van der Waals surface area contributed by atoms with Crippen molar-refractivity contribution in [3.8, 4) is 0 Å². The molecule has 1 aliphatic rings. The van der Waals surface area contributed by atoms with Gasteiger partial charge in [-0.3, -0.25) is 0 Å². The first-order valence-electron chi connectivity index (χ1n) is 6.55. The van der Waals surface area contributed by atoms with Crippen LogP contribution < -0.4 is 5.73 Å². The molecule has 0 saturated carbocycles. The summed E-state index contributed by atoms with van der Waals surface area (Å²) >= 11 is 5.98. The Bertz CT molecular complexity index is 551. The van der Waals surface area contributed by atoms with Gasteiger partial charge in [-0.05, 0) is 31.4 Å². The average Bonchev–Trinajstić information content (AvgIpc) is 2.39. The second kappa shape index (κ2) is 6.30. The molecule has 5 nitrogen and oxygen atoms in total. The van der Waals surface area contributed by atoms with Crippen molar-refractivity contribution in [2.45, 2.75) is 30.3 Å². The third-order valence-electron chi connectivity index (χ3n) is 3.40. The maximum atomic E-state index is 12.6. The van der Waals surface area contributed by atoms with E-state index >= 15 is 0 Å². The topological polar surface area (TPSA) is 72.6 Å². The van der Waals surface area contributed by atoms with Gasteiger partial charge in [-0.2, -0.15) is 4.31 Å². The molecule has 1 aliphatic heterocycles. The van der Waals surface area contributed by atoms with Gasteiger partial charge in [0.25, 0.3) is 0 Å². The van der Waals surface area contributed by atoms with Crippen molar-refractivity contribution in [1.82, 2.24) is 4.31 Å². The van der Waals surface area contributed by atoms with Crippen LogP contribution in [-0.2, 0) is 14.8 Å². The molecule has 2 rings (SSSR count). The van der Waals surface area contributed by atoms with E-state index in [0.717, 1.165) is 19.3 Å². The number of nitrogen functional groups attached to an aromatic ring is 1. The normalized spacial score (nSPS) is 20.2. The van der Waals surface area contributed by atoms with E-state index < -0.39 is 10.0 Å². The number of nitrogens with zero attached hydrogens (tertiary/aromatic N) is 1. The highest BCUT2D eigenvalue weighted by molar-refractivity contribution is 7.89. The SMILES string of the molecule is CN(CC1CCCCO1)S(=O)(=O)c1c(N)cccc1Cl. The molecule has 1 heterocycles. The van der Waals surface area contributed by atoms with Gasteiger partial charge in [0.05, 0.1) is 16.8 Å². The van der Waals surface area contributed by atoms with Gasteiger partial charge < -0.3 is 10.5 Å². The van der Waals surface area contributed by atoms with Crippen LogP contribution in [0.1, 0.15) is 19.3 Å². The van der Waals surface area contributed by atoms with Gasteiger partial charge in [0.15, 0.2) is 0 Å². The summed E-state index contributed by atoms with van der Waals surface area (Å²) in [6.07, 6.45) is 2.90. The van der Waals surface area contributed by atoms with Gasteiger partial charge in [0.1, 0.15) is 4.90 Å². The monoisotopic (exact) mass is 318 g/mol. The van der Waals surface area contributed by atoms with Crippen molar-refractivity contribution in [1.29, 1.82) is 0 Å². The van der Waals surface area contributed by atoms with E-state index in [1.165, 1.54) is 23.5 Å². The Morgan fingerprint density at radius 3 is 2.80 bits per heavy atom. The molecule has 112 valence electrons. The minimum atomic E-state index is -3.70. The van der Waals surface area contributed by atoms with Crippen LogP contribution in [0.4, 0.5) is 5.69 Å². The average molecular weight is 319 g/mol. The number of anilines is 1. The van der Waals surface area contributed by atoms with Crippen molar-refractivity contribution in [2.24, 2.45) is 0 Å². The van der Waals surface area contributed by atoms with Crippen LogP contribution in [0.3, 0.4) is 0 Å². The van der Waals surface area contributed by atoms with Gasteiger partial charge >= 0.3 is 0 Å². The first-order chi connectivity index (χ1) is 9.43. The number of sulfonamides is 1. The smallest absolute Gasteiger partial charge is 0.246 e. The van der Waals surface area contributed by atoms with Crippen LogP contribution in [0.25, 0.3) is 0 Å². The van der Waals surface area contributed by atoms with Crippen molar-refractivity contribution in [3.05, 3.63) is 23.2 Å². The Balaban J connectivity index is 2.21. The summed E-state index contributed by atoms with van der Waals surface area (Å²) in [5.74, 6) is 0. The number of hydrogen-bond donors (Lipinski definition) is 1. The molecule has 0 spiro atoms. The molecule has 2 N–H and O–H groups in total. The fourth-order valence-electron chi connectivity index (χ4n) is 2.29. The summed E-state index contributed by atoms with van der Waals surface area (Å²) in [4.78, 5) is -0.0278. The van der Waals surface area contributed by atoms with Crippen molar-refractivity contribution in [3.63, 3.8) is 0 Å². The Labute approximate surface area is 124 Å². The molecule has 1 atom stereocenters. The zero-order valence-corrected chi connectivity index (χ0v) is 13.0. The Kier molecular flexibility index (Phi) is 4.90. The van der Waals surface area contributed by atoms with Crippen LogP contribution >= 0.6 is 11.6 Å². The third-order valence-corrected chi connectivity index (χ3v) is 5.77. The van der Waals surface area contributed by atoms with Gasteiger partial charge in [-0.15, -0.1) is 0 Å². The number of ether oxygens (including phenoxy) is 1. The minimum absolute atomic E-state index is 0.0278. The number of nitrogens with two attached hydrogens (primary N) is 1. The lowest BCUT2D eigenvalue weighted by atomic mass is 10.1. The molecule has 0 aromatic heterocycles. The van der Waals surface area contributed by atoms with Gasteiger partial charge in [0, 0.05) is 20.2 Å². The van der Waals surface area contributed by atoms with Crippen LogP contribution in [0.15, 0.2) is 23.1 Å². The second-order valence-electron chi connectivity index (χ2n) is 4.93. The Morgan fingerprint density at radius 2 is 2.20 bits per heavy atom. The summed E-state index contributed by atoms with van der Waals surface area (Å²) < 4.78 is 31.9. The Morgan fingerprint density at radius 1 is 1.45 bits per heavy atom. The molecular formula is C13H19ClN2O3S. The molecule has 0 aliphatic carbocycles. The summed E-state index contributed by atoms with van der Waals surface area (Å²) in [5, 5.41) is 0.140. The molecule has 0 amide bonds. The van der Waals surface area contributed by atoms with Crippen molar-refractivity contribution >= 4 is 27.3 Å². The summed E-state index contributed by atoms with van der Waals surface area (Å²) in [5.41, 5.74) is 5.92. The van der Waals surface area contributed by atoms with Crippen molar-refractivity contribution in [2.75, 3.05) is 25.9 Å². The molecule has 7 heteroatoms. The molecule has 1 saturated heterocycles. The van der Waals surface area contributed by atoms with E-state index in [4.69, 9.17) is 22.1 Å². The molecule has 1 fully saturated rings. The fourth-order valence-corrected chi connectivity index (χ4v) is 4.12. The standard InChI is InChI=1S/C13H19ClN2O3S/c1-16(9-10-5-2-3-8-19-10)20(17,18)13-11(14)6-4-7-12(13)15/h4,6-7,10H,2-3,5,8-9,15H2,1H3. The number of likely N-dealkylation sites (N-methyl/N-ethyl adjacent to an activating group) is 1. The fraction of sp³-hybridized carbons (Fsp3) is 0.538. The van der Waals surface area contributed by atoms with E-state index in [1.54, 1.807) is 6.07 Å². The zero-order chi connectivity index (χ0) is 14.8. The first-order valence-corrected chi connectivity index (χ1v) is 8.36. The van der Waals surface area contributed by atoms with Crippen molar-refractivity contribution < 1.29 is 13.2 Å². The zero-order valence-electron chi connectivity index (χ0n) is 11.4. The summed E-state index contributed by atoms with van der Waals surface area (Å²) in [6, 6.07) is 4.68. The summed E-state index contributed by atoms with van der Waals surface area (Å²) in [6.45, 7) is 1.000. The first kappa shape index (κ1) is 15.6. The summed E-state index contributed by atoms with van der Waals surface area (Å²) in [7, 11) is -2.18. The molecule has 1 aromatic carbocycles. The molecule has 1 unspecified atom stereocenters. The van der Waals surface area contributed by atoms with E-state index in [-0.39, 0.29) is 21.7 Å². The highest BCUT2D eigenvalue weighted by Crippen LogP contribution is 2.29. The van der Waals surface area contributed by atoms with Gasteiger partial charge in [0.2, 0.25) is 10.0 Å². The number of rotatable bonds is 4. The maximum absolute atomic E-state index is 12.6. The molecule has 20 heavy (non-hydrogen) atoms. The van der Waals surface area contributed by atoms with Crippen LogP contribution in [-0.4, -0.2) is 39.0 Å². The number of halogens is 1. The predicted octanol–water partition coefficient (Wildman–Crippen LogP) is 2.11. The molecule has 1 aromatic rings. The second-order valence-corrected chi connectivity index (χ2v) is 7.32. The number of benzene rings is 1. The molecular weight excluding hydrogens is 300 g/mol. The lowest BCUT2D eigenvalue weighted by molar-refractivity contribution is 0.00859. The highest BCUT2D eigenvalue weighted by Gasteiger charge is 2.28. The minimum Gasteiger partial charge on any atom is -0.398 e. The molecule has 0 radical (unpaired) electrons. The largest absolute Gasteiger partial charge is 0.398 e.